The molecule has 1 saturated heterocycles. The van der Waals surface area contributed by atoms with Gasteiger partial charge in [0.2, 0.25) is 0 Å². The SMILES string of the molecule is C[C@H](N)c1ccc(N2CCSC(C)(C)CC2)cn1. The van der Waals surface area contributed by atoms with E-state index in [1.165, 1.54) is 17.9 Å². The first-order valence-corrected chi connectivity index (χ1v) is 7.57. The third kappa shape index (κ3) is 3.39. The fourth-order valence-corrected chi connectivity index (χ4v) is 3.23. The minimum absolute atomic E-state index is 0.0117. The Balaban J connectivity index is 2.07. The minimum Gasteiger partial charge on any atom is -0.369 e. The van der Waals surface area contributed by atoms with Crippen LogP contribution in [0.4, 0.5) is 5.69 Å². The maximum absolute atomic E-state index is 5.82. The molecule has 4 heteroatoms. The molecule has 2 N–H and O–H groups in total. The van der Waals surface area contributed by atoms with Gasteiger partial charge in [0.1, 0.15) is 0 Å². The summed E-state index contributed by atoms with van der Waals surface area (Å²) in [6.45, 7) is 8.84. The lowest BCUT2D eigenvalue weighted by Gasteiger charge is -2.24. The van der Waals surface area contributed by atoms with Crippen LogP contribution in [-0.4, -0.2) is 28.6 Å². The topological polar surface area (TPSA) is 42.1 Å². The molecular formula is C14H23N3S. The highest BCUT2D eigenvalue weighted by atomic mass is 32.2. The van der Waals surface area contributed by atoms with Gasteiger partial charge in [-0.15, -0.1) is 0 Å². The Hall–Kier alpha value is -0.740. The molecule has 0 amide bonds. The van der Waals surface area contributed by atoms with Gasteiger partial charge in [0, 0.05) is 29.6 Å². The van der Waals surface area contributed by atoms with E-state index in [-0.39, 0.29) is 6.04 Å². The Morgan fingerprint density at radius 1 is 1.39 bits per heavy atom. The van der Waals surface area contributed by atoms with Crippen molar-refractivity contribution in [2.45, 2.75) is 38.0 Å². The number of rotatable bonds is 2. The number of thioether (sulfide) groups is 1. The fourth-order valence-electron chi connectivity index (χ4n) is 2.13. The van der Waals surface area contributed by atoms with Gasteiger partial charge in [0.25, 0.3) is 0 Å². The maximum atomic E-state index is 5.82. The summed E-state index contributed by atoms with van der Waals surface area (Å²) >= 11 is 2.07. The van der Waals surface area contributed by atoms with Gasteiger partial charge >= 0.3 is 0 Å². The predicted octanol–water partition coefficient (Wildman–Crippen LogP) is 2.82. The van der Waals surface area contributed by atoms with E-state index in [0.717, 1.165) is 18.8 Å². The van der Waals surface area contributed by atoms with Crippen molar-refractivity contribution in [1.82, 2.24) is 4.98 Å². The second-order valence-corrected chi connectivity index (χ2v) is 7.38. The van der Waals surface area contributed by atoms with Crippen molar-refractivity contribution >= 4 is 17.4 Å². The van der Waals surface area contributed by atoms with Crippen molar-refractivity contribution in [3.05, 3.63) is 24.0 Å². The third-order valence-electron chi connectivity index (χ3n) is 3.44. The van der Waals surface area contributed by atoms with Gasteiger partial charge in [0.15, 0.2) is 0 Å². The molecule has 1 aliphatic heterocycles. The maximum Gasteiger partial charge on any atom is 0.0569 e. The standard InChI is InChI=1S/C14H23N3S/c1-11(15)13-5-4-12(10-16-13)17-7-6-14(2,3)18-9-8-17/h4-5,10-11H,6-9,15H2,1-3H3/t11-/m0/s1. The molecule has 18 heavy (non-hydrogen) atoms. The first kappa shape index (κ1) is 13.7. The van der Waals surface area contributed by atoms with Crippen LogP contribution in [0.25, 0.3) is 0 Å². The monoisotopic (exact) mass is 265 g/mol. The molecule has 3 nitrogen and oxygen atoms in total. The predicted molar refractivity (Wildman–Crippen MR) is 80.2 cm³/mol. The van der Waals surface area contributed by atoms with Crippen molar-refractivity contribution in [3.8, 4) is 0 Å². The molecule has 0 saturated carbocycles. The van der Waals surface area contributed by atoms with E-state index in [9.17, 15) is 0 Å². The molecule has 0 spiro atoms. The summed E-state index contributed by atoms with van der Waals surface area (Å²) in [7, 11) is 0. The molecule has 100 valence electrons. The van der Waals surface area contributed by atoms with E-state index >= 15 is 0 Å². The molecule has 1 aliphatic rings. The number of hydrogen-bond donors (Lipinski definition) is 1. The number of nitrogens with two attached hydrogens (primary N) is 1. The van der Waals surface area contributed by atoms with Crippen molar-refractivity contribution in [2.24, 2.45) is 5.73 Å². The van der Waals surface area contributed by atoms with Crippen LogP contribution in [0, 0.1) is 0 Å². The Bertz CT molecular complexity index is 387. The first-order chi connectivity index (χ1) is 8.48. The first-order valence-electron chi connectivity index (χ1n) is 6.58. The van der Waals surface area contributed by atoms with E-state index in [2.05, 4.69) is 41.6 Å². The van der Waals surface area contributed by atoms with Crippen LogP contribution in [0.15, 0.2) is 18.3 Å². The molecule has 0 bridgehead atoms. The molecule has 1 aromatic heterocycles. The molecule has 0 aromatic carbocycles. The molecule has 0 unspecified atom stereocenters. The van der Waals surface area contributed by atoms with Crippen LogP contribution in [0.2, 0.25) is 0 Å². The quantitative estimate of drug-likeness (QED) is 0.893. The van der Waals surface area contributed by atoms with Crippen molar-refractivity contribution in [3.63, 3.8) is 0 Å². The summed E-state index contributed by atoms with van der Waals surface area (Å²) in [6.07, 6.45) is 3.17. The molecule has 1 fully saturated rings. The van der Waals surface area contributed by atoms with E-state index in [1.54, 1.807) is 0 Å². The molecule has 0 radical (unpaired) electrons. The Morgan fingerprint density at radius 2 is 2.17 bits per heavy atom. The molecule has 1 atom stereocenters. The van der Waals surface area contributed by atoms with Crippen LogP contribution < -0.4 is 10.6 Å². The van der Waals surface area contributed by atoms with Gasteiger partial charge < -0.3 is 10.6 Å². The van der Waals surface area contributed by atoms with Crippen molar-refractivity contribution in [1.29, 1.82) is 0 Å². The zero-order valence-corrected chi connectivity index (χ0v) is 12.3. The normalized spacial score (nSPS) is 21.4. The number of anilines is 1. The molecule has 1 aromatic rings. The molecule has 2 rings (SSSR count). The summed E-state index contributed by atoms with van der Waals surface area (Å²) < 4.78 is 0.397. The summed E-state index contributed by atoms with van der Waals surface area (Å²) in [5.74, 6) is 1.18. The Labute approximate surface area is 114 Å². The lowest BCUT2D eigenvalue weighted by molar-refractivity contribution is 0.637. The molecule has 2 heterocycles. The fraction of sp³-hybridized carbons (Fsp3) is 0.643. The average molecular weight is 265 g/mol. The zero-order chi connectivity index (χ0) is 13.2. The number of hydrogen-bond acceptors (Lipinski definition) is 4. The Kier molecular flexibility index (Phi) is 4.17. The second-order valence-electron chi connectivity index (χ2n) is 5.58. The van der Waals surface area contributed by atoms with Gasteiger partial charge in [-0.3, -0.25) is 4.98 Å². The number of nitrogens with zero attached hydrogens (tertiary/aromatic N) is 2. The summed E-state index contributed by atoms with van der Waals surface area (Å²) in [6, 6.07) is 4.20. The third-order valence-corrected chi connectivity index (χ3v) is 4.81. The van der Waals surface area contributed by atoms with Gasteiger partial charge in [-0.1, -0.05) is 13.8 Å². The van der Waals surface area contributed by atoms with Crippen LogP contribution in [0.3, 0.4) is 0 Å². The highest BCUT2D eigenvalue weighted by Gasteiger charge is 2.23. The Morgan fingerprint density at radius 3 is 2.78 bits per heavy atom. The van der Waals surface area contributed by atoms with E-state index < -0.39 is 0 Å². The summed E-state index contributed by atoms with van der Waals surface area (Å²) in [5.41, 5.74) is 8.00. The lowest BCUT2D eigenvalue weighted by atomic mass is 10.1. The number of pyridine rings is 1. The lowest BCUT2D eigenvalue weighted by Crippen LogP contribution is -2.27. The van der Waals surface area contributed by atoms with Crippen LogP contribution >= 0.6 is 11.8 Å². The largest absolute Gasteiger partial charge is 0.369 e. The van der Waals surface area contributed by atoms with Crippen LogP contribution in [-0.2, 0) is 0 Å². The van der Waals surface area contributed by atoms with Crippen LogP contribution in [0.1, 0.15) is 38.9 Å². The van der Waals surface area contributed by atoms with E-state index in [0.29, 0.717) is 4.75 Å². The van der Waals surface area contributed by atoms with Crippen molar-refractivity contribution in [2.75, 3.05) is 23.7 Å². The second kappa shape index (κ2) is 5.49. The van der Waals surface area contributed by atoms with Gasteiger partial charge in [-0.05, 0) is 25.5 Å². The summed E-state index contributed by atoms with van der Waals surface area (Å²) in [4.78, 5) is 6.88. The highest BCUT2D eigenvalue weighted by Crippen LogP contribution is 2.32. The van der Waals surface area contributed by atoms with E-state index in [1.807, 2.05) is 19.2 Å². The number of aromatic nitrogens is 1. The van der Waals surface area contributed by atoms with Gasteiger partial charge in [-0.25, -0.2) is 0 Å². The molecular weight excluding hydrogens is 242 g/mol. The smallest absolute Gasteiger partial charge is 0.0569 e. The molecule has 0 aliphatic carbocycles. The summed E-state index contributed by atoms with van der Waals surface area (Å²) in [5, 5.41) is 0. The minimum atomic E-state index is 0.0117. The van der Waals surface area contributed by atoms with Crippen molar-refractivity contribution < 1.29 is 0 Å². The van der Waals surface area contributed by atoms with Gasteiger partial charge in [0.05, 0.1) is 17.6 Å². The zero-order valence-electron chi connectivity index (χ0n) is 11.5. The van der Waals surface area contributed by atoms with E-state index in [4.69, 9.17) is 5.73 Å². The van der Waals surface area contributed by atoms with Gasteiger partial charge in [-0.2, -0.15) is 11.8 Å². The highest BCUT2D eigenvalue weighted by molar-refractivity contribution is 8.00. The van der Waals surface area contributed by atoms with Crippen LogP contribution in [0.5, 0.6) is 0 Å². The average Bonchev–Trinajstić information content (AvgIpc) is 2.50.